The van der Waals surface area contributed by atoms with Crippen molar-refractivity contribution in [2.24, 2.45) is 17.8 Å². The molecule has 0 aromatic carbocycles. The summed E-state index contributed by atoms with van der Waals surface area (Å²) in [5.74, 6) is 2.48. The third-order valence-corrected chi connectivity index (χ3v) is 4.18. The zero-order valence-corrected chi connectivity index (χ0v) is 11.8. The van der Waals surface area contributed by atoms with Crippen LogP contribution in [0.25, 0.3) is 0 Å². The minimum atomic E-state index is 0.666. The molecule has 2 heteroatoms. The Kier molecular flexibility index (Phi) is 6.91. The fraction of sp³-hybridized carbons (Fsp3) is 1.00. The third-order valence-electron chi connectivity index (χ3n) is 3.35. The van der Waals surface area contributed by atoms with Gasteiger partial charge in [-0.15, -0.1) is 0 Å². The molecule has 1 rings (SSSR count). The summed E-state index contributed by atoms with van der Waals surface area (Å²) in [6.07, 6.45) is 7.02. The van der Waals surface area contributed by atoms with Crippen molar-refractivity contribution in [1.29, 1.82) is 0 Å². The van der Waals surface area contributed by atoms with Gasteiger partial charge in [0.05, 0.1) is 0 Å². The second kappa shape index (κ2) is 7.67. The molecule has 0 aliphatic heterocycles. The zero-order chi connectivity index (χ0) is 11.1. The van der Waals surface area contributed by atoms with Crippen LogP contribution >= 0.6 is 15.9 Å². The first-order valence-electron chi connectivity index (χ1n) is 6.37. The molecular formula is C13H25BrO. The number of ether oxygens (including phenoxy) is 1. The highest BCUT2D eigenvalue weighted by Gasteiger charge is 2.23. The van der Waals surface area contributed by atoms with Gasteiger partial charge in [-0.1, -0.05) is 55.5 Å². The molecule has 1 nitrogen and oxygen atoms in total. The molecule has 90 valence electrons. The largest absolute Gasteiger partial charge is 0.381 e. The van der Waals surface area contributed by atoms with Crippen molar-refractivity contribution >= 4 is 15.9 Å². The molecule has 1 atom stereocenters. The van der Waals surface area contributed by atoms with Crippen LogP contribution in [0, 0.1) is 17.8 Å². The highest BCUT2D eigenvalue weighted by Crippen LogP contribution is 2.34. The third kappa shape index (κ3) is 5.35. The Bertz CT molecular complexity index is 153. The van der Waals surface area contributed by atoms with Gasteiger partial charge in [-0.25, -0.2) is 0 Å². The van der Waals surface area contributed by atoms with Crippen molar-refractivity contribution in [3.63, 3.8) is 0 Å². The molecule has 15 heavy (non-hydrogen) atoms. The molecule has 0 bridgehead atoms. The van der Waals surface area contributed by atoms with Gasteiger partial charge in [-0.2, -0.15) is 0 Å². The van der Waals surface area contributed by atoms with Gasteiger partial charge in [-0.05, 0) is 24.2 Å². The molecule has 1 fully saturated rings. The van der Waals surface area contributed by atoms with Gasteiger partial charge >= 0.3 is 0 Å². The number of hydrogen-bond donors (Lipinski definition) is 0. The highest BCUT2D eigenvalue weighted by molar-refractivity contribution is 9.09. The molecule has 1 unspecified atom stereocenters. The van der Waals surface area contributed by atoms with Crippen LogP contribution in [0.2, 0.25) is 0 Å². The highest BCUT2D eigenvalue weighted by atomic mass is 79.9. The van der Waals surface area contributed by atoms with Crippen molar-refractivity contribution in [1.82, 2.24) is 0 Å². The lowest BCUT2D eigenvalue weighted by Crippen LogP contribution is -2.16. The number of hydrogen-bond acceptors (Lipinski definition) is 1. The van der Waals surface area contributed by atoms with Crippen LogP contribution in [0.3, 0.4) is 0 Å². The predicted octanol–water partition coefficient (Wildman–Crippen LogP) is 4.25. The fourth-order valence-electron chi connectivity index (χ4n) is 2.42. The first-order valence-corrected chi connectivity index (χ1v) is 7.50. The van der Waals surface area contributed by atoms with E-state index in [4.69, 9.17) is 4.74 Å². The topological polar surface area (TPSA) is 9.23 Å². The van der Waals surface area contributed by atoms with Gasteiger partial charge in [0, 0.05) is 18.5 Å². The average Bonchev–Trinajstić information content (AvgIpc) is 2.70. The quantitative estimate of drug-likeness (QED) is 0.499. The van der Waals surface area contributed by atoms with E-state index in [9.17, 15) is 0 Å². The van der Waals surface area contributed by atoms with Crippen LogP contribution in [0.1, 0.15) is 46.0 Å². The molecule has 0 aromatic heterocycles. The van der Waals surface area contributed by atoms with Crippen LogP contribution in [0.4, 0.5) is 0 Å². The van der Waals surface area contributed by atoms with Crippen LogP contribution in [0.5, 0.6) is 0 Å². The van der Waals surface area contributed by atoms with E-state index in [0.717, 1.165) is 30.4 Å². The molecule has 0 N–H and O–H groups in total. The SMILES string of the molecule is CC(C)COCCC(CBr)C1CCCC1. The summed E-state index contributed by atoms with van der Waals surface area (Å²) in [7, 11) is 0. The summed E-state index contributed by atoms with van der Waals surface area (Å²) >= 11 is 3.65. The molecule has 0 radical (unpaired) electrons. The fourth-order valence-corrected chi connectivity index (χ4v) is 3.27. The molecule has 1 saturated carbocycles. The Balaban J connectivity index is 2.10. The van der Waals surface area contributed by atoms with Gasteiger partial charge < -0.3 is 4.74 Å². The maximum absolute atomic E-state index is 5.67. The van der Waals surface area contributed by atoms with E-state index in [2.05, 4.69) is 29.8 Å². The lowest BCUT2D eigenvalue weighted by atomic mass is 9.90. The summed E-state index contributed by atoms with van der Waals surface area (Å²) in [4.78, 5) is 0. The van der Waals surface area contributed by atoms with E-state index in [-0.39, 0.29) is 0 Å². The van der Waals surface area contributed by atoms with Gasteiger partial charge in [0.1, 0.15) is 0 Å². The van der Waals surface area contributed by atoms with E-state index in [1.54, 1.807) is 0 Å². The second-order valence-corrected chi connectivity index (χ2v) is 5.86. The van der Waals surface area contributed by atoms with Gasteiger partial charge in [0.15, 0.2) is 0 Å². The first-order chi connectivity index (χ1) is 7.24. The van der Waals surface area contributed by atoms with Crippen LogP contribution in [-0.4, -0.2) is 18.5 Å². The van der Waals surface area contributed by atoms with Crippen LogP contribution in [-0.2, 0) is 4.74 Å². The number of halogens is 1. The molecule has 0 saturated heterocycles. The summed E-state index contributed by atoms with van der Waals surface area (Å²) in [6, 6.07) is 0. The minimum Gasteiger partial charge on any atom is -0.381 e. The minimum absolute atomic E-state index is 0.666. The number of rotatable bonds is 7. The van der Waals surface area contributed by atoms with Gasteiger partial charge in [-0.3, -0.25) is 0 Å². The van der Waals surface area contributed by atoms with Crippen LogP contribution in [0.15, 0.2) is 0 Å². The Hall–Kier alpha value is 0.440. The molecular weight excluding hydrogens is 252 g/mol. The Labute approximate surface area is 103 Å². The Morgan fingerprint density at radius 3 is 2.47 bits per heavy atom. The van der Waals surface area contributed by atoms with Gasteiger partial charge in [0.25, 0.3) is 0 Å². The van der Waals surface area contributed by atoms with Crippen molar-refractivity contribution in [2.45, 2.75) is 46.0 Å². The molecule has 0 heterocycles. The lowest BCUT2D eigenvalue weighted by Gasteiger charge is -2.21. The standard InChI is InChI=1S/C13H25BrO/c1-11(2)10-15-8-7-13(9-14)12-5-3-4-6-12/h11-13H,3-10H2,1-2H3. The normalized spacial score (nSPS) is 20.0. The summed E-state index contributed by atoms with van der Waals surface area (Å²) < 4.78 is 5.67. The maximum atomic E-state index is 5.67. The Morgan fingerprint density at radius 1 is 1.27 bits per heavy atom. The van der Waals surface area contributed by atoms with Crippen molar-refractivity contribution in [3.05, 3.63) is 0 Å². The molecule has 0 spiro atoms. The molecule has 0 aromatic rings. The zero-order valence-electron chi connectivity index (χ0n) is 10.2. The average molecular weight is 277 g/mol. The first kappa shape index (κ1) is 13.5. The molecule has 0 amide bonds. The molecule has 1 aliphatic carbocycles. The van der Waals surface area contributed by atoms with Crippen molar-refractivity contribution < 1.29 is 4.74 Å². The predicted molar refractivity (Wildman–Crippen MR) is 69.5 cm³/mol. The monoisotopic (exact) mass is 276 g/mol. The van der Waals surface area contributed by atoms with Crippen molar-refractivity contribution in [2.75, 3.05) is 18.5 Å². The summed E-state index contributed by atoms with van der Waals surface area (Å²) in [5, 5.41) is 1.16. The van der Waals surface area contributed by atoms with Crippen molar-refractivity contribution in [3.8, 4) is 0 Å². The van der Waals surface area contributed by atoms with E-state index in [1.807, 2.05) is 0 Å². The van der Waals surface area contributed by atoms with E-state index < -0.39 is 0 Å². The number of alkyl halides is 1. The second-order valence-electron chi connectivity index (χ2n) is 5.22. The van der Waals surface area contributed by atoms with E-state index in [1.165, 1.54) is 32.1 Å². The summed E-state index contributed by atoms with van der Waals surface area (Å²) in [6.45, 7) is 6.28. The maximum Gasteiger partial charge on any atom is 0.0488 e. The van der Waals surface area contributed by atoms with E-state index in [0.29, 0.717) is 5.92 Å². The molecule has 1 aliphatic rings. The lowest BCUT2D eigenvalue weighted by molar-refractivity contribution is 0.0936. The van der Waals surface area contributed by atoms with Gasteiger partial charge in [0.2, 0.25) is 0 Å². The Morgan fingerprint density at radius 2 is 1.93 bits per heavy atom. The van der Waals surface area contributed by atoms with E-state index >= 15 is 0 Å². The summed E-state index contributed by atoms with van der Waals surface area (Å²) in [5.41, 5.74) is 0. The smallest absolute Gasteiger partial charge is 0.0488 e. The van der Waals surface area contributed by atoms with Crippen LogP contribution < -0.4 is 0 Å².